The molecule has 0 fully saturated rings. The second-order valence-electron chi connectivity index (χ2n) is 8.24. The fourth-order valence-corrected chi connectivity index (χ4v) is 4.14. The molecule has 0 unspecified atom stereocenters. The molecule has 0 saturated heterocycles. The molecule has 0 aliphatic carbocycles. The van der Waals surface area contributed by atoms with Gasteiger partial charge in [0.15, 0.2) is 0 Å². The molecule has 4 nitrogen and oxygen atoms in total. The van der Waals surface area contributed by atoms with Crippen LogP contribution in [0.5, 0.6) is 11.5 Å². The van der Waals surface area contributed by atoms with E-state index in [4.69, 9.17) is 9.47 Å². The lowest BCUT2D eigenvalue weighted by molar-refractivity contribution is 0.121. The number of hydrogen-bond donors (Lipinski definition) is 0. The zero-order chi connectivity index (χ0) is 18.5. The molecule has 2 aromatic carbocycles. The van der Waals surface area contributed by atoms with Gasteiger partial charge in [-0.1, -0.05) is 26.0 Å². The van der Waals surface area contributed by atoms with Crippen molar-refractivity contribution in [3.63, 3.8) is 0 Å². The highest BCUT2D eigenvalue weighted by Gasteiger charge is 2.29. The smallest absolute Gasteiger partial charge is 0.142 e. The second-order valence-corrected chi connectivity index (χ2v) is 8.24. The zero-order valence-corrected chi connectivity index (χ0v) is 16.4. The largest absolute Gasteiger partial charge is 0.478 e. The van der Waals surface area contributed by atoms with Crippen LogP contribution >= 0.6 is 0 Å². The van der Waals surface area contributed by atoms with Crippen LogP contribution in [0.15, 0.2) is 30.3 Å². The van der Waals surface area contributed by atoms with Crippen molar-refractivity contribution >= 4 is 0 Å². The van der Waals surface area contributed by atoms with E-state index in [2.05, 4.69) is 75.0 Å². The minimum atomic E-state index is -0.0832. The van der Waals surface area contributed by atoms with Crippen molar-refractivity contribution in [3.05, 3.63) is 58.1 Å². The van der Waals surface area contributed by atoms with Crippen LogP contribution in [-0.4, -0.2) is 37.4 Å². The van der Waals surface area contributed by atoms with Crippen molar-refractivity contribution in [1.29, 1.82) is 0 Å². The van der Waals surface area contributed by atoms with Gasteiger partial charge in [-0.25, -0.2) is 0 Å². The first kappa shape index (κ1) is 17.4. The number of benzene rings is 2. The van der Waals surface area contributed by atoms with Crippen LogP contribution in [0, 0.1) is 6.92 Å². The van der Waals surface area contributed by atoms with Crippen molar-refractivity contribution in [1.82, 2.24) is 9.80 Å². The van der Waals surface area contributed by atoms with Gasteiger partial charge in [0.05, 0.1) is 0 Å². The summed E-state index contributed by atoms with van der Waals surface area (Å²) in [7, 11) is 4.19. The van der Waals surface area contributed by atoms with E-state index in [1.807, 2.05) is 0 Å². The topological polar surface area (TPSA) is 24.9 Å². The van der Waals surface area contributed by atoms with Crippen molar-refractivity contribution in [2.24, 2.45) is 0 Å². The molecule has 138 valence electrons. The lowest BCUT2D eigenvalue weighted by Crippen LogP contribution is -2.30. The first-order chi connectivity index (χ1) is 12.4. The zero-order valence-electron chi connectivity index (χ0n) is 16.4. The molecular formula is C22H28N2O2. The van der Waals surface area contributed by atoms with Crippen LogP contribution in [0.1, 0.15) is 41.7 Å². The second kappa shape index (κ2) is 6.29. The van der Waals surface area contributed by atoms with Gasteiger partial charge < -0.3 is 9.47 Å². The Morgan fingerprint density at radius 1 is 0.885 bits per heavy atom. The molecule has 0 radical (unpaired) electrons. The van der Waals surface area contributed by atoms with Crippen LogP contribution in [0.3, 0.4) is 0 Å². The molecule has 2 aliphatic heterocycles. The quantitative estimate of drug-likeness (QED) is 0.819. The highest BCUT2D eigenvalue weighted by Crippen LogP contribution is 2.40. The molecule has 0 amide bonds. The summed E-state index contributed by atoms with van der Waals surface area (Å²) in [6, 6.07) is 11.0. The minimum absolute atomic E-state index is 0.0832. The van der Waals surface area contributed by atoms with Gasteiger partial charge in [0.25, 0.3) is 0 Å². The summed E-state index contributed by atoms with van der Waals surface area (Å²) >= 11 is 0. The van der Waals surface area contributed by atoms with Gasteiger partial charge in [-0.3, -0.25) is 9.80 Å². The molecule has 2 aromatic rings. The number of ether oxygens (including phenoxy) is 2. The first-order valence-electron chi connectivity index (χ1n) is 9.25. The first-order valence-corrected chi connectivity index (χ1v) is 9.25. The van der Waals surface area contributed by atoms with E-state index in [-0.39, 0.29) is 5.41 Å². The number of hydrogen-bond acceptors (Lipinski definition) is 4. The van der Waals surface area contributed by atoms with Crippen LogP contribution < -0.4 is 9.47 Å². The normalized spacial score (nSPS) is 17.9. The van der Waals surface area contributed by atoms with Crippen LogP contribution in [0.2, 0.25) is 0 Å². The molecule has 4 rings (SSSR count). The Bertz CT molecular complexity index is 844. The molecule has 0 saturated carbocycles. The third kappa shape index (κ3) is 2.87. The van der Waals surface area contributed by atoms with Gasteiger partial charge >= 0.3 is 0 Å². The van der Waals surface area contributed by atoms with Crippen LogP contribution in [0.25, 0.3) is 0 Å². The summed E-state index contributed by atoms with van der Waals surface area (Å²) in [5.41, 5.74) is 6.52. The predicted octanol–water partition coefficient (Wildman–Crippen LogP) is 3.88. The van der Waals surface area contributed by atoms with Crippen molar-refractivity contribution < 1.29 is 9.47 Å². The molecule has 0 bridgehead atoms. The summed E-state index contributed by atoms with van der Waals surface area (Å²) in [5.74, 6) is 2.04. The Kier molecular flexibility index (Phi) is 4.20. The van der Waals surface area contributed by atoms with Crippen molar-refractivity contribution in [2.75, 3.05) is 27.6 Å². The summed E-state index contributed by atoms with van der Waals surface area (Å²) < 4.78 is 11.7. The van der Waals surface area contributed by atoms with Gasteiger partial charge in [-0.05, 0) is 55.9 Å². The number of rotatable bonds is 2. The standard InChI is InChI=1S/C22H28N2O2/c1-15-18-12-24(5)14-26-21(18)9-7-19(15)22(2,3)17-6-8-20-16(10-17)11-23(4)13-25-20/h6-10H,11-14H2,1-5H3. The van der Waals surface area contributed by atoms with Gasteiger partial charge in [-0.2, -0.15) is 0 Å². The monoisotopic (exact) mass is 352 g/mol. The Balaban J connectivity index is 1.75. The average Bonchev–Trinajstić information content (AvgIpc) is 2.61. The number of fused-ring (bicyclic) bond motifs is 2. The molecular weight excluding hydrogens is 324 g/mol. The van der Waals surface area contributed by atoms with Crippen molar-refractivity contribution in [2.45, 2.75) is 39.3 Å². The SMILES string of the molecule is Cc1c(C(C)(C)c2ccc3c(c2)CN(C)CO3)ccc2c1CN(C)CO2. The highest BCUT2D eigenvalue weighted by atomic mass is 16.5. The molecule has 0 N–H and O–H groups in total. The maximum Gasteiger partial charge on any atom is 0.142 e. The van der Waals surface area contributed by atoms with E-state index in [9.17, 15) is 0 Å². The summed E-state index contributed by atoms with van der Waals surface area (Å²) in [4.78, 5) is 4.40. The Morgan fingerprint density at radius 3 is 2.31 bits per heavy atom. The maximum absolute atomic E-state index is 5.88. The summed E-state index contributed by atoms with van der Waals surface area (Å²) in [6.07, 6.45) is 0. The molecule has 2 heterocycles. The molecule has 0 aromatic heterocycles. The lowest BCUT2D eigenvalue weighted by Gasteiger charge is -2.34. The Morgan fingerprint density at radius 2 is 1.54 bits per heavy atom. The van der Waals surface area contributed by atoms with Crippen LogP contribution in [-0.2, 0) is 18.5 Å². The third-order valence-electron chi connectivity index (χ3n) is 5.76. The molecule has 0 spiro atoms. The maximum atomic E-state index is 5.88. The fraction of sp³-hybridized carbons (Fsp3) is 0.455. The van der Waals surface area contributed by atoms with Gasteiger partial charge in [0.2, 0.25) is 0 Å². The molecule has 26 heavy (non-hydrogen) atoms. The molecule has 4 heteroatoms. The minimum Gasteiger partial charge on any atom is -0.478 e. The van der Waals surface area contributed by atoms with E-state index in [0.717, 1.165) is 24.6 Å². The van der Waals surface area contributed by atoms with Crippen LogP contribution in [0.4, 0.5) is 0 Å². The fourth-order valence-electron chi connectivity index (χ4n) is 4.14. The molecule has 0 atom stereocenters. The third-order valence-corrected chi connectivity index (χ3v) is 5.76. The Hall–Kier alpha value is -2.04. The van der Waals surface area contributed by atoms with Gasteiger partial charge in [-0.15, -0.1) is 0 Å². The predicted molar refractivity (Wildman–Crippen MR) is 104 cm³/mol. The van der Waals surface area contributed by atoms with Gasteiger partial charge in [0, 0.05) is 29.6 Å². The van der Waals surface area contributed by atoms with Crippen molar-refractivity contribution in [3.8, 4) is 11.5 Å². The number of nitrogens with zero attached hydrogens (tertiary/aromatic N) is 2. The highest BCUT2D eigenvalue weighted by molar-refractivity contribution is 5.52. The van der Waals surface area contributed by atoms with E-state index >= 15 is 0 Å². The summed E-state index contributed by atoms with van der Waals surface area (Å²) in [5, 5.41) is 0. The lowest BCUT2D eigenvalue weighted by atomic mass is 9.74. The summed E-state index contributed by atoms with van der Waals surface area (Å²) in [6.45, 7) is 10.0. The average molecular weight is 352 g/mol. The van der Waals surface area contributed by atoms with E-state index < -0.39 is 0 Å². The Labute approximate surface area is 156 Å². The molecule has 2 aliphatic rings. The van der Waals surface area contributed by atoms with Gasteiger partial charge in [0.1, 0.15) is 25.0 Å². The van der Waals surface area contributed by atoms with E-state index in [1.54, 1.807) is 0 Å². The van der Waals surface area contributed by atoms with E-state index in [0.29, 0.717) is 13.5 Å². The van der Waals surface area contributed by atoms with E-state index in [1.165, 1.54) is 27.8 Å².